The molecule has 4 heterocycles. The molecule has 2 aliphatic rings. The Morgan fingerprint density at radius 3 is 2.72 bits per heavy atom. The SMILES string of the molecule is Fc1cccc(-n2cccc2[C@@H]2[C@H](c3ccccn3)NC(=S)N2CCN2CCOCC2)c1. The minimum Gasteiger partial charge on any atom is -0.379 e. The molecule has 0 amide bonds. The Hall–Kier alpha value is -2.81. The van der Waals surface area contributed by atoms with Gasteiger partial charge in [0, 0.05) is 50.0 Å². The van der Waals surface area contributed by atoms with Gasteiger partial charge in [-0.05, 0) is 54.7 Å². The molecule has 2 aliphatic heterocycles. The molecule has 32 heavy (non-hydrogen) atoms. The van der Waals surface area contributed by atoms with Gasteiger partial charge in [0.2, 0.25) is 0 Å². The van der Waals surface area contributed by atoms with Crippen molar-refractivity contribution in [2.45, 2.75) is 12.1 Å². The van der Waals surface area contributed by atoms with Crippen LogP contribution in [0.3, 0.4) is 0 Å². The summed E-state index contributed by atoms with van der Waals surface area (Å²) in [6.45, 7) is 5.09. The van der Waals surface area contributed by atoms with Crippen LogP contribution in [0.5, 0.6) is 0 Å². The Bertz CT molecular complexity index is 1070. The molecule has 6 nitrogen and oxygen atoms in total. The predicted molar refractivity (Wildman–Crippen MR) is 125 cm³/mol. The van der Waals surface area contributed by atoms with Crippen molar-refractivity contribution in [3.63, 3.8) is 0 Å². The Morgan fingerprint density at radius 1 is 1.06 bits per heavy atom. The topological polar surface area (TPSA) is 45.6 Å². The van der Waals surface area contributed by atoms with Crippen LogP contribution in [0.25, 0.3) is 5.69 Å². The molecule has 8 heteroatoms. The molecule has 1 aromatic carbocycles. The zero-order chi connectivity index (χ0) is 21.9. The molecular weight excluding hydrogens is 425 g/mol. The van der Waals surface area contributed by atoms with Crippen LogP contribution in [-0.4, -0.2) is 63.9 Å². The van der Waals surface area contributed by atoms with E-state index < -0.39 is 0 Å². The van der Waals surface area contributed by atoms with Gasteiger partial charge in [-0.3, -0.25) is 9.88 Å². The molecule has 0 saturated carbocycles. The number of rotatable bonds is 6. The van der Waals surface area contributed by atoms with E-state index in [1.165, 1.54) is 6.07 Å². The highest BCUT2D eigenvalue weighted by Crippen LogP contribution is 2.39. The Labute approximate surface area is 192 Å². The first-order valence-electron chi connectivity index (χ1n) is 10.9. The molecule has 3 aromatic rings. The van der Waals surface area contributed by atoms with E-state index >= 15 is 0 Å². The zero-order valence-electron chi connectivity index (χ0n) is 17.7. The quantitative estimate of drug-likeness (QED) is 0.581. The molecule has 0 radical (unpaired) electrons. The maximum Gasteiger partial charge on any atom is 0.170 e. The van der Waals surface area contributed by atoms with Gasteiger partial charge in [0.05, 0.1) is 31.0 Å². The van der Waals surface area contributed by atoms with Crippen LogP contribution < -0.4 is 5.32 Å². The first kappa shape index (κ1) is 21.1. The maximum atomic E-state index is 14.0. The summed E-state index contributed by atoms with van der Waals surface area (Å²) in [6.07, 6.45) is 3.78. The number of thiocarbonyl (C=S) groups is 1. The van der Waals surface area contributed by atoms with Crippen molar-refractivity contribution in [2.24, 2.45) is 0 Å². The van der Waals surface area contributed by atoms with Crippen LogP contribution in [0.4, 0.5) is 4.39 Å². The Morgan fingerprint density at radius 2 is 1.94 bits per heavy atom. The van der Waals surface area contributed by atoms with Crippen molar-refractivity contribution in [3.05, 3.63) is 84.2 Å². The number of ether oxygens (including phenoxy) is 1. The third kappa shape index (κ3) is 4.26. The average molecular weight is 452 g/mol. The normalized spacial score (nSPS) is 21.7. The second-order valence-electron chi connectivity index (χ2n) is 8.06. The largest absolute Gasteiger partial charge is 0.379 e. The van der Waals surface area contributed by atoms with Crippen LogP contribution in [0.1, 0.15) is 23.5 Å². The first-order chi connectivity index (χ1) is 15.7. The van der Waals surface area contributed by atoms with Crippen molar-refractivity contribution in [2.75, 3.05) is 39.4 Å². The van der Waals surface area contributed by atoms with Gasteiger partial charge < -0.3 is 19.5 Å². The fourth-order valence-electron chi connectivity index (χ4n) is 4.54. The number of benzene rings is 1. The minimum absolute atomic E-state index is 0.0725. The molecule has 2 atom stereocenters. The molecule has 0 aliphatic carbocycles. The molecule has 1 N–H and O–H groups in total. The summed E-state index contributed by atoms with van der Waals surface area (Å²) in [4.78, 5) is 9.26. The van der Waals surface area contributed by atoms with Crippen LogP contribution in [0.15, 0.2) is 67.0 Å². The summed E-state index contributed by atoms with van der Waals surface area (Å²) in [5.74, 6) is -0.257. The molecule has 2 saturated heterocycles. The van der Waals surface area contributed by atoms with Crippen LogP contribution >= 0.6 is 12.2 Å². The predicted octanol–water partition coefficient (Wildman–Crippen LogP) is 3.32. The van der Waals surface area contributed by atoms with Crippen LogP contribution in [0.2, 0.25) is 0 Å². The van der Waals surface area contributed by atoms with E-state index in [4.69, 9.17) is 17.0 Å². The highest BCUT2D eigenvalue weighted by molar-refractivity contribution is 7.80. The van der Waals surface area contributed by atoms with E-state index in [1.54, 1.807) is 18.3 Å². The average Bonchev–Trinajstić information content (AvgIpc) is 3.43. The van der Waals surface area contributed by atoms with Gasteiger partial charge in [-0.25, -0.2) is 4.39 Å². The van der Waals surface area contributed by atoms with Crippen molar-refractivity contribution in [1.82, 2.24) is 24.7 Å². The minimum atomic E-state index is -0.257. The highest BCUT2D eigenvalue weighted by atomic mass is 32.1. The van der Waals surface area contributed by atoms with Crippen molar-refractivity contribution in [1.29, 1.82) is 0 Å². The van der Waals surface area contributed by atoms with Gasteiger partial charge in [-0.2, -0.15) is 0 Å². The molecule has 0 spiro atoms. The number of hydrogen-bond donors (Lipinski definition) is 1. The summed E-state index contributed by atoms with van der Waals surface area (Å²) < 4.78 is 21.5. The Kier molecular flexibility index (Phi) is 6.16. The fraction of sp³-hybridized carbons (Fsp3) is 0.333. The number of pyridine rings is 1. The first-order valence-corrected chi connectivity index (χ1v) is 11.3. The number of aromatic nitrogens is 2. The van der Waals surface area contributed by atoms with Crippen molar-refractivity contribution >= 4 is 17.3 Å². The lowest BCUT2D eigenvalue weighted by Crippen LogP contribution is -2.42. The lowest BCUT2D eigenvalue weighted by molar-refractivity contribution is 0.0349. The number of hydrogen-bond acceptors (Lipinski definition) is 4. The summed E-state index contributed by atoms with van der Waals surface area (Å²) in [5, 5.41) is 4.21. The van der Waals surface area contributed by atoms with Crippen molar-refractivity contribution < 1.29 is 9.13 Å². The maximum absolute atomic E-state index is 14.0. The van der Waals surface area contributed by atoms with E-state index in [-0.39, 0.29) is 17.9 Å². The second-order valence-corrected chi connectivity index (χ2v) is 8.44. The van der Waals surface area contributed by atoms with Crippen LogP contribution in [0, 0.1) is 5.82 Å². The standard InChI is InChI=1S/C24H26FN5OS/c25-18-5-3-6-19(17-18)29-10-4-8-21(29)23-22(20-7-1-2-9-26-20)27-24(32)30(23)12-11-28-13-15-31-16-14-28/h1-10,17,22-23H,11-16H2,(H,27,32)/t22-,23+/m0/s1. The van der Waals surface area contributed by atoms with Gasteiger partial charge in [0.1, 0.15) is 5.82 Å². The number of nitrogens with one attached hydrogen (secondary N) is 1. The molecule has 0 unspecified atom stereocenters. The second kappa shape index (κ2) is 9.36. The summed E-state index contributed by atoms with van der Waals surface area (Å²) in [7, 11) is 0. The third-order valence-electron chi connectivity index (χ3n) is 6.13. The van der Waals surface area contributed by atoms with E-state index in [0.717, 1.165) is 56.5 Å². The Balaban J connectivity index is 1.50. The van der Waals surface area contributed by atoms with Gasteiger partial charge >= 0.3 is 0 Å². The van der Waals surface area contributed by atoms with Gasteiger partial charge in [-0.15, -0.1) is 0 Å². The third-order valence-corrected chi connectivity index (χ3v) is 6.48. The molecule has 2 aromatic heterocycles. The van der Waals surface area contributed by atoms with Crippen molar-refractivity contribution in [3.8, 4) is 5.69 Å². The van der Waals surface area contributed by atoms with Gasteiger partial charge in [-0.1, -0.05) is 12.1 Å². The lowest BCUT2D eigenvalue weighted by atomic mass is 10.0. The lowest BCUT2D eigenvalue weighted by Gasteiger charge is -2.32. The van der Waals surface area contributed by atoms with Crippen LogP contribution in [-0.2, 0) is 4.74 Å². The number of halogens is 1. The molecule has 5 rings (SSSR count). The summed E-state index contributed by atoms with van der Waals surface area (Å²) in [6, 6.07) is 16.5. The van der Waals surface area contributed by atoms with Gasteiger partial charge in [0.15, 0.2) is 5.11 Å². The van der Waals surface area contributed by atoms with Gasteiger partial charge in [0.25, 0.3) is 0 Å². The number of nitrogens with zero attached hydrogens (tertiary/aromatic N) is 4. The molecular formula is C24H26FN5OS. The summed E-state index contributed by atoms with van der Waals surface area (Å²) in [5.41, 5.74) is 2.76. The van der Waals surface area contributed by atoms with E-state index in [9.17, 15) is 4.39 Å². The smallest absolute Gasteiger partial charge is 0.170 e. The molecule has 166 valence electrons. The summed E-state index contributed by atoms with van der Waals surface area (Å²) >= 11 is 5.79. The molecule has 0 bridgehead atoms. The zero-order valence-corrected chi connectivity index (χ0v) is 18.5. The number of morpholine rings is 1. The molecule has 2 fully saturated rings. The fourth-order valence-corrected chi connectivity index (χ4v) is 4.87. The highest BCUT2D eigenvalue weighted by Gasteiger charge is 2.41. The van der Waals surface area contributed by atoms with E-state index in [2.05, 4.69) is 26.2 Å². The van der Waals surface area contributed by atoms with E-state index in [1.807, 2.05) is 41.1 Å². The monoisotopic (exact) mass is 451 g/mol. The van der Waals surface area contributed by atoms with E-state index in [0.29, 0.717) is 5.11 Å².